The lowest BCUT2D eigenvalue weighted by Crippen LogP contribution is -2.43. The maximum atomic E-state index is 12.0. The van der Waals surface area contributed by atoms with Crippen LogP contribution in [-0.4, -0.2) is 17.2 Å². The first-order valence-electron chi connectivity index (χ1n) is 7.62. The Morgan fingerprint density at radius 1 is 1.32 bits per heavy atom. The molecule has 1 heterocycles. The van der Waals surface area contributed by atoms with Gasteiger partial charge in [0.2, 0.25) is 0 Å². The number of aryl methyl sites for hydroxylation is 1. The molecule has 0 saturated heterocycles. The van der Waals surface area contributed by atoms with Crippen LogP contribution in [0.15, 0.2) is 23.0 Å². The molecular weight excluding hydrogens is 236 g/mol. The van der Waals surface area contributed by atoms with Gasteiger partial charge in [0.05, 0.1) is 0 Å². The first-order valence-corrected chi connectivity index (χ1v) is 7.62. The van der Waals surface area contributed by atoms with E-state index >= 15 is 0 Å². The molecule has 3 heteroatoms. The van der Waals surface area contributed by atoms with Gasteiger partial charge in [-0.3, -0.25) is 4.79 Å². The summed E-state index contributed by atoms with van der Waals surface area (Å²) in [4.78, 5) is 12.0. The third-order valence-corrected chi connectivity index (χ3v) is 4.33. The number of rotatable bonds is 5. The van der Waals surface area contributed by atoms with Gasteiger partial charge in [-0.2, -0.15) is 0 Å². The van der Waals surface area contributed by atoms with Crippen LogP contribution in [0.1, 0.15) is 44.7 Å². The van der Waals surface area contributed by atoms with Crippen molar-refractivity contribution in [3.05, 3.63) is 34.2 Å². The molecule has 1 N–H and O–H groups in total. The summed E-state index contributed by atoms with van der Waals surface area (Å²) in [6, 6.07) is 5.96. The Morgan fingerprint density at radius 3 is 2.68 bits per heavy atom. The smallest absolute Gasteiger partial charge is 0.250 e. The Hall–Kier alpha value is -1.09. The van der Waals surface area contributed by atoms with Crippen molar-refractivity contribution < 1.29 is 0 Å². The minimum Gasteiger partial charge on any atom is -0.312 e. The van der Waals surface area contributed by atoms with Crippen LogP contribution >= 0.6 is 0 Å². The van der Waals surface area contributed by atoms with Crippen molar-refractivity contribution in [3.8, 4) is 0 Å². The van der Waals surface area contributed by atoms with Crippen molar-refractivity contribution in [1.29, 1.82) is 0 Å². The lowest BCUT2D eigenvalue weighted by Gasteiger charge is -2.31. The average molecular weight is 262 g/mol. The first-order chi connectivity index (χ1) is 9.22. The van der Waals surface area contributed by atoms with Crippen molar-refractivity contribution in [2.75, 3.05) is 6.54 Å². The fourth-order valence-corrected chi connectivity index (χ4v) is 3.23. The highest BCUT2D eigenvalue weighted by molar-refractivity contribution is 5.05. The molecular formula is C16H26N2O. The van der Waals surface area contributed by atoms with E-state index in [0.29, 0.717) is 6.04 Å². The van der Waals surface area contributed by atoms with Gasteiger partial charge < -0.3 is 9.88 Å². The van der Waals surface area contributed by atoms with Crippen LogP contribution in [0, 0.1) is 12.8 Å². The molecule has 0 aliphatic heterocycles. The molecule has 106 valence electrons. The standard InChI is InChI=1S/C16H26N2O/c1-3-17-15(14-9-5-4-6-10-14)12-18-13(2)8-7-11-16(18)19/h7-8,11,14-15,17H,3-6,9-10,12H2,1-2H3. The van der Waals surface area contributed by atoms with E-state index in [1.54, 1.807) is 6.07 Å². The second kappa shape index (κ2) is 6.90. The van der Waals surface area contributed by atoms with E-state index in [9.17, 15) is 4.79 Å². The largest absolute Gasteiger partial charge is 0.312 e. The monoisotopic (exact) mass is 262 g/mol. The number of hydrogen-bond donors (Lipinski definition) is 1. The lowest BCUT2D eigenvalue weighted by atomic mass is 9.83. The molecule has 1 saturated carbocycles. The zero-order valence-electron chi connectivity index (χ0n) is 12.2. The van der Waals surface area contributed by atoms with E-state index in [4.69, 9.17) is 0 Å². The second-order valence-electron chi connectivity index (χ2n) is 5.68. The predicted octanol–water partition coefficient (Wildman–Crippen LogP) is 2.72. The Labute approximate surface area is 116 Å². The number of nitrogens with zero attached hydrogens (tertiary/aromatic N) is 1. The fraction of sp³-hybridized carbons (Fsp3) is 0.688. The zero-order valence-corrected chi connectivity index (χ0v) is 12.2. The molecule has 2 rings (SSSR count). The quantitative estimate of drug-likeness (QED) is 0.885. The fourth-order valence-electron chi connectivity index (χ4n) is 3.23. The molecule has 1 fully saturated rings. The van der Waals surface area contributed by atoms with Crippen molar-refractivity contribution in [1.82, 2.24) is 9.88 Å². The van der Waals surface area contributed by atoms with Crippen LogP contribution < -0.4 is 10.9 Å². The Balaban J connectivity index is 2.13. The van der Waals surface area contributed by atoms with Crippen molar-refractivity contribution >= 4 is 0 Å². The first kappa shape index (κ1) is 14.3. The third-order valence-electron chi connectivity index (χ3n) is 4.33. The maximum absolute atomic E-state index is 12.0. The van der Waals surface area contributed by atoms with Gasteiger partial charge in [-0.25, -0.2) is 0 Å². The van der Waals surface area contributed by atoms with E-state index in [1.165, 1.54) is 32.1 Å². The summed E-state index contributed by atoms with van der Waals surface area (Å²) in [7, 11) is 0. The molecule has 0 bridgehead atoms. The van der Waals surface area contributed by atoms with Gasteiger partial charge in [-0.1, -0.05) is 32.3 Å². The average Bonchev–Trinajstić information content (AvgIpc) is 2.43. The summed E-state index contributed by atoms with van der Waals surface area (Å²) in [6.45, 7) is 5.95. The summed E-state index contributed by atoms with van der Waals surface area (Å²) >= 11 is 0. The number of nitrogens with one attached hydrogen (secondary N) is 1. The Bertz CT molecular complexity index is 446. The molecule has 0 radical (unpaired) electrons. The van der Waals surface area contributed by atoms with Crippen LogP contribution in [0.4, 0.5) is 0 Å². The van der Waals surface area contributed by atoms with E-state index in [-0.39, 0.29) is 5.56 Å². The van der Waals surface area contributed by atoms with Crippen LogP contribution in [0.2, 0.25) is 0 Å². The van der Waals surface area contributed by atoms with Gasteiger partial charge in [0, 0.05) is 24.3 Å². The van der Waals surface area contributed by atoms with Crippen molar-refractivity contribution in [2.24, 2.45) is 5.92 Å². The zero-order chi connectivity index (χ0) is 13.7. The second-order valence-corrected chi connectivity index (χ2v) is 5.68. The van der Waals surface area contributed by atoms with Gasteiger partial charge in [0.15, 0.2) is 0 Å². The van der Waals surface area contributed by atoms with E-state index in [0.717, 1.165) is 24.7 Å². The Morgan fingerprint density at radius 2 is 2.05 bits per heavy atom. The summed E-state index contributed by atoms with van der Waals surface area (Å²) < 4.78 is 1.92. The van der Waals surface area contributed by atoms with Gasteiger partial charge in [-0.15, -0.1) is 0 Å². The van der Waals surface area contributed by atoms with Crippen LogP contribution in [0.5, 0.6) is 0 Å². The van der Waals surface area contributed by atoms with Gasteiger partial charge >= 0.3 is 0 Å². The number of aromatic nitrogens is 1. The van der Waals surface area contributed by atoms with Gasteiger partial charge in [0.1, 0.15) is 0 Å². The molecule has 1 aliphatic rings. The number of likely N-dealkylation sites (N-methyl/N-ethyl adjacent to an activating group) is 1. The lowest BCUT2D eigenvalue weighted by molar-refractivity contribution is 0.248. The predicted molar refractivity (Wildman–Crippen MR) is 79.5 cm³/mol. The summed E-state index contributed by atoms with van der Waals surface area (Å²) in [5, 5.41) is 3.60. The summed E-state index contributed by atoms with van der Waals surface area (Å²) in [5.41, 5.74) is 1.19. The molecule has 3 nitrogen and oxygen atoms in total. The maximum Gasteiger partial charge on any atom is 0.250 e. The van der Waals surface area contributed by atoms with Crippen molar-refractivity contribution in [2.45, 2.75) is 58.5 Å². The van der Waals surface area contributed by atoms with Crippen LogP contribution in [-0.2, 0) is 6.54 Å². The normalized spacial score (nSPS) is 18.4. The highest BCUT2D eigenvalue weighted by atomic mass is 16.1. The topological polar surface area (TPSA) is 34.0 Å². The SMILES string of the molecule is CCNC(Cn1c(C)cccc1=O)C1CCCCC1. The molecule has 1 aliphatic carbocycles. The van der Waals surface area contributed by atoms with Gasteiger partial charge in [0.25, 0.3) is 5.56 Å². The third kappa shape index (κ3) is 3.69. The molecule has 0 spiro atoms. The van der Waals surface area contributed by atoms with E-state index < -0.39 is 0 Å². The summed E-state index contributed by atoms with van der Waals surface area (Å²) in [5.74, 6) is 0.722. The number of pyridine rings is 1. The highest BCUT2D eigenvalue weighted by Gasteiger charge is 2.23. The summed E-state index contributed by atoms with van der Waals surface area (Å²) in [6.07, 6.45) is 6.67. The minimum absolute atomic E-state index is 0.124. The Kier molecular flexibility index (Phi) is 5.20. The van der Waals surface area contributed by atoms with Crippen LogP contribution in [0.3, 0.4) is 0 Å². The molecule has 1 atom stereocenters. The molecule has 1 unspecified atom stereocenters. The highest BCUT2D eigenvalue weighted by Crippen LogP contribution is 2.27. The molecule has 1 aromatic heterocycles. The molecule has 0 amide bonds. The van der Waals surface area contributed by atoms with Crippen molar-refractivity contribution in [3.63, 3.8) is 0 Å². The van der Waals surface area contributed by atoms with E-state index in [1.807, 2.05) is 23.6 Å². The molecule has 1 aromatic rings. The molecule has 19 heavy (non-hydrogen) atoms. The van der Waals surface area contributed by atoms with E-state index in [2.05, 4.69) is 12.2 Å². The molecule has 0 aromatic carbocycles. The number of hydrogen-bond acceptors (Lipinski definition) is 2. The minimum atomic E-state index is 0.124. The van der Waals surface area contributed by atoms with Gasteiger partial charge in [-0.05, 0) is 38.3 Å². The van der Waals surface area contributed by atoms with Crippen LogP contribution in [0.25, 0.3) is 0 Å².